The maximum absolute atomic E-state index is 6.23. The zero-order chi connectivity index (χ0) is 14.9. The summed E-state index contributed by atoms with van der Waals surface area (Å²) in [5, 5.41) is 3.55. The van der Waals surface area contributed by atoms with Crippen LogP contribution in [0.15, 0.2) is 30.3 Å². The average molecular weight is 328 g/mol. The van der Waals surface area contributed by atoms with Crippen LogP contribution in [0, 0.1) is 0 Å². The van der Waals surface area contributed by atoms with Crippen LogP contribution in [0.2, 0.25) is 8.67 Å². The lowest BCUT2D eigenvalue weighted by Gasteiger charge is -2.25. The van der Waals surface area contributed by atoms with Crippen molar-refractivity contribution in [3.05, 3.63) is 50.1 Å². The quantitative estimate of drug-likeness (QED) is 0.676. The number of benzene rings is 1. The SMILES string of the molecule is CC(Nc1ccccc1C(C)(C)C)c1cc(Cl)sc1Cl. The number of nitrogens with one attached hydrogen (secondary N) is 1. The molecule has 0 aliphatic rings. The van der Waals surface area contributed by atoms with E-state index < -0.39 is 0 Å². The van der Waals surface area contributed by atoms with Gasteiger partial charge in [0, 0.05) is 11.3 Å². The fourth-order valence-corrected chi connectivity index (χ4v) is 3.87. The van der Waals surface area contributed by atoms with Crippen molar-refractivity contribution in [2.75, 3.05) is 5.32 Å². The molecule has 1 aromatic heterocycles. The Kier molecular flexibility index (Phi) is 4.68. The zero-order valence-electron chi connectivity index (χ0n) is 12.1. The summed E-state index contributed by atoms with van der Waals surface area (Å²) in [5.74, 6) is 0. The molecule has 1 N–H and O–H groups in total. The third kappa shape index (κ3) is 3.49. The maximum Gasteiger partial charge on any atom is 0.0996 e. The van der Waals surface area contributed by atoms with Gasteiger partial charge >= 0.3 is 0 Å². The van der Waals surface area contributed by atoms with E-state index in [-0.39, 0.29) is 11.5 Å². The topological polar surface area (TPSA) is 12.0 Å². The Morgan fingerprint density at radius 3 is 2.35 bits per heavy atom. The molecule has 0 aliphatic carbocycles. The third-order valence-electron chi connectivity index (χ3n) is 3.26. The Morgan fingerprint density at radius 1 is 1.15 bits per heavy atom. The first kappa shape index (κ1) is 15.7. The van der Waals surface area contributed by atoms with Gasteiger partial charge in [-0.25, -0.2) is 0 Å². The molecule has 108 valence electrons. The zero-order valence-corrected chi connectivity index (χ0v) is 14.5. The molecule has 0 saturated heterocycles. The lowest BCUT2D eigenvalue weighted by molar-refractivity contribution is 0.590. The number of para-hydroxylation sites is 1. The van der Waals surface area contributed by atoms with Gasteiger partial charge in [0.15, 0.2) is 0 Å². The monoisotopic (exact) mass is 327 g/mol. The van der Waals surface area contributed by atoms with E-state index in [2.05, 4.69) is 51.2 Å². The van der Waals surface area contributed by atoms with Gasteiger partial charge in [-0.2, -0.15) is 0 Å². The van der Waals surface area contributed by atoms with E-state index in [0.29, 0.717) is 0 Å². The predicted molar refractivity (Wildman–Crippen MR) is 91.5 cm³/mol. The highest BCUT2D eigenvalue weighted by Gasteiger charge is 2.20. The first-order chi connectivity index (χ1) is 9.29. The molecule has 1 unspecified atom stereocenters. The fraction of sp³-hybridized carbons (Fsp3) is 0.375. The summed E-state index contributed by atoms with van der Waals surface area (Å²) < 4.78 is 1.48. The van der Waals surface area contributed by atoms with E-state index in [0.717, 1.165) is 19.9 Å². The van der Waals surface area contributed by atoms with Gasteiger partial charge in [-0.3, -0.25) is 0 Å². The molecule has 20 heavy (non-hydrogen) atoms. The number of rotatable bonds is 3. The van der Waals surface area contributed by atoms with Crippen LogP contribution in [0.4, 0.5) is 5.69 Å². The van der Waals surface area contributed by atoms with Crippen molar-refractivity contribution < 1.29 is 0 Å². The lowest BCUT2D eigenvalue weighted by atomic mass is 9.85. The van der Waals surface area contributed by atoms with Gasteiger partial charge in [-0.1, -0.05) is 62.2 Å². The molecule has 0 aliphatic heterocycles. The van der Waals surface area contributed by atoms with Crippen molar-refractivity contribution in [3.63, 3.8) is 0 Å². The number of hydrogen-bond acceptors (Lipinski definition) is 2. The summed E-state index contributed by atoms with van der Waals surface area (Å²) in [6.07, 6.45) is 0. The molecule has 2 aromatic rings. The summed E-state index contributed by atoms with van der Waals surface area (Å²) in [7, 11) is 0. The minimum absolute atomic E-state index is 0.0966. The van der Waals surface area contributed by atoms with Crippen molar-refractivity contribution in [2.24, 2.45) is 0 Å². The highest BCUT2D eigenvalue weighted by atomic mass is 35.5. The van der Waals surface area contributed by atoms with Crippen molar-refractivity contribution in [2.45, 2.75) is 39.2 Å². The molecular weight excluding hydrogens is 309 g/mol. The summed E-state index contributed by atoms with van der Waals surface area (Å²) in [5.41, 5.74) is 3.58. The Labute approximate surface area is 134 Å². The standard InChI is InChI=1S/C16H19Cl2NS/c1-10(11-9-14(17)20-15(11)18)19-13-8-6-5-7-12(13)16(2,3)4/h5-10,19H,1-4H3. The second-order valence-electron chi connectivity index (χ2n) is 5.94. The molecule has 1 aromatic carbocycles. The van der Waals surface area contributed by atoms with Crippen LogP contribution >= 0.6 is 34.5 Å². The van der Waals surface area contributed by atoms with Crippen molar-refractivity contribution >= 4 is 40.2 Å². The Balaban J connectivity index is 2.29. The van der Waals surface area contributed by atoms with E-state index in [1.165, 1.54) is 16.9 Å². The molecule has 0 radical (unpaired) electrons. The van der Waals surface area contributed by atoms with Gasteiger partial charge in [0.25, 0.3) is 0 Å². The largest absolute Gasteiger partial charge is 0.378 e. The summed E-state index contributed by atoms with van der Waals surface area (Å²) in [6.45, 7) is 8.75. The second-order valence-corrected chi connectivity index (χ2v) is 8.23. The Bertz CT molecular complexity index is 599. The van der Waals surface area contributed by atoms with Crippen LogP contribution in [-0.2, 0) is 5.41 Å². The highest BCUT2D eigenvalue weighted by Crippen LogP contribution is 2.37. The van der Waals surface area contributed by atoms with Gasteiger partial charge < -0.3 is 5.32 Å². The molecule has 1 atom stereocenters. The molecule has 1 heterocycles. The summed E-state index contributed by atoms with van der Waals surface area (Å²) in [4.78, 5) is 0. The van der Waals surface area contributed by atoms with Gasteiger partial charge in [0.1, 0.15) is 0 Å². The number of thiophene rings is 1. The number of hydrogen-bond donors (Lipinski definition) is 1. The molecule has 0 bridgehead atoms. The van der Waals surface area contributed by atoms with Gasteiger partial charge in [-0.05, 0) is 30.0 Å². The minimum atomic E-state index is 0.0966. The molecule has 0 saturated carbocycles. The summed E-state index contributed by atoms with van der Waals surface area (Å²) in [6, 6.07) is 10.5. The molecule has 2 rings (SSSR count). The average Bonchev–Trinajstić information content (AvgIpc) is 2.68. The molecule has 1 nitrogen and oxygen atoms in total. The van der Waals surface area contributed by atoms with Crippen LogP contribution in [0.1, 0.15) is 44.9 Å². The van der Waals surface area contributed by atoms with Crippen LogP contribution in [-0.4, -0.2) is 0 Å². The Morgan fingerprint density at radius 2 is 1.80 bits per heavy atom. The second kappa shape index (κ2) is 5.97. The van der Waals surface area contributed by atoms with E-state index in [4.69, 9.17) is 23.2 Å². The van der Waals surface area contributed by atoms with Gasteiger partial charge in [-0.15, -0.1) is 11.3 Å². The fourth-order valence-electron chi connectivity index (χ4n) is 2.22. The van der Waals surface area contributed by atoms with E-state index in [9.17, 15) is 0 Å². The van der Waals surface area contributed by atoms with Crippen LogP contribution in [0.5, 0.6) is 0 Å². The van der Waals surface area contributed by atoms with Crippen molar-refractivity contribution in [1.82, 2.24) is 0 Å². The highest BCUT2D eigenvalue weighted by molar-refractivity contribution is 7.20. The van der Waals surface area contributed by atoms with Gasteiger partial charge in [0.2, 0.25) is 0 Å². The molecular formula is C16H19Cl2NS. The molecule has 0 spiro atoms. The van der Waals surface area contributed by atoms with E-state index >= 15 is 0 Å². The van der Waals surface area contributed by atoms with E-state index in [1.807, 2.05) is 12.1 Å². The molecule has 0 fully saturated rings. The lowest BCUT2D eigenvalue weighted by Crippen LogP contribution is -2.16. The normalized spacial score (nSPS) is 13.3. The van der Waals surface area contributed by atoms with Crippen LogP contribution < -0.4 is 5.32 Å². The third-order valence-corrected chi connectivity index (χ3v) is 4.77. The predicted octanol–water partition coefficient (Wildman–Crippen LogP) is 6.53. The molecule has 4 heteroatoms. The summed E-state index contributed by atoms with van der Waals surface area (Å²) >= 11 is 13.7. The Hall–Kier alpha value is -0.700. The van der Waals surface area contributed by atoms with Gasteiger partial charge in [0.05, 0.1) is 14.7 Å². The molecule has 0 amide bonds. The minimum Gasteiger partial charge on any atom is -0.378 e. The smallest absolute Gasteiger partial charge is 0.0996 e. The number of halogens is 2. The van der Waals surface area contributed by atoms with E-state index in [1.54, 1.807) is 0 Å². The van der Waals surface area contributed by atoms with Crippen LogP contribution in [0.25, 0.3) is 0 Å². The number of anilines is 1. The van der Waals surface area contributed by atoms with Crippen molar-refractivity contribution in [1.29, 1.82) is 0 Å². The maximum atomic E-state index is 6.23. The first-order valence-corrected chi connectivity index (χ1v) is 8.17. The van der Waals surface area contributed by atoms with Crippen molar-refractivity contribution in [3.8, 4) is 0 Å². The first-order valence-electron chi connectivity index (χ1n) is 6.60. The van der Waals surface area contributed by atoms with Crippen LogP contribution in [0.3, 0.4) is 0 Å².